The van der Waals surface area contributed by atoms with Crippen LogP contribution in [-0.2, 0) is 0 Å². The Bertz CT molecular complexity index is 353. The second kappa shape index (κ2) is 7.45. The van der Waals surface area contributed by atoms with Gasteiger partial charge in [-0.1, -0.05) is 23.8 Å². The molecule has 0 spiro atoms. The van der Waals surface area contributed by atoms with Crippen molar-refractivity contribution in [2.75, 3.05) is 31.1 Å². The molecule has 0 saturated carbocycles. The largest absolute Gasteiger partial charge is 0.349 e. The quantitative estimate of drug-likeness (QED) is 0.809. The van der Waals surface area contributed by atoms with Crippen LogP contribution >= 0.6 is 11.3 Å². The van der Waals surface area contributed by atoms with Crippen molar-refractivity contribution in [1.29, 1.82) is 0 Å². The Labute approximate surface area is 109 Å². The van der Waals surface area contributed by atoms with Crippen LogP contribution in [0.2, 0.25) is 0 Å². The number of nitrogens with zero attached hydrogens (tertiary/aromatic N) is 2. The maximum atomic E-state index is 4.47. The lowest BCUT2D eigenvalue weighted by Gasteiger charge is -2.16. The first-order valence-corrected chi connectivity index (χ1v) is 7.11. The van der Waals surface area contributed by atoms with E-state index in [1.165, 1.54) is 10.5 Å². The van der Waals surface area contributed by atoms with Crippen molar-refractivity contribution in [3.8, 4) is 0 Å². The molecule has 96 valence electrons. The van der Waals surface area contributed by atoms with Gasteiger partial charge in [-0.25, -0.2) is 4.98 Å². The number of aromatic nitrogens is 1. The molecule has 1 N–H and O–H groups in total. The molecule has 1 heterocycles. The van der Waals surface area contributed by atoms with Crippen LogP contribution in [0.15, 0.2) is 11.8 Å². The lowest BCUT2D eigenvalue weighted by molar-refractivity contribution is 0.779. The number of hydrogen-bond acceptors (Lipinski definition) is 4. The number of nitrogens with one attached hydrogen (secondary N) is 1. The minimum Gasteiger partial charge on any atom is -0.349 e. The first-order valence-electron chi connectivity index (χ1n) is 6.29. The molecule has 0 amide bonds. The van der Waals surface area contributed by atoms with Gasteiger partial charge in [0, 0.05) is 30.7 Å². The van der Waals surface area contributed by atoms with Gasteiger partial charge in [-0.15, -0.1) is 0 Å². The van der Waals surface area contributed by atoms with E-state index in [1.54, 1.807) is 11.3 Å². The molecule has 17 heavy (non-hydrogen) atoms. The van der Waals surface area contributed by atoms with E-state index in [9.17, 15) is 0 Å². The minimum atomic E-state index is 0.953. The number of hydrogen-bond donors (Lipinski definition) is 1. The summed E-state index contributed by atoms with van der Waals surface area (Å²) in [7, 11) is 0. The van der Waals surface area contributed by atoms with Crippen molar-refractivity contribution in [2.45, 2.75) is 27.7 Å². The SMILES string of the molecule is CCNCC(C)=Cc1cnc(N(CC)CC)s1. The third-order valence-electron chi connectivity index (χ3n) is 2.59. The van der Waals surface area contributed by atoms with Gasteiger partial charge in [0.05, 0.1) is 0 Å². The van der Waals surface area contributed by atoms with E-state index in [-0.39, 0.29) is 0 Å². The summed E-state index contributed by atoms with van der Waals surface area (Å²) in [6, 6.07) is 0. The summed E-state index contributed by atoms with van der Waals surface area (Å²) in [6.45, 7) is 12.6. The number of thiazole rings is 1. The van der Waals surface area contributed by atoms with Gasteiger partial charge in [-0.3, -0.25) is 0 Å². The van der Waals surface area contributed by atoms with Gasteiger partial charge in [0.2, 0.25) is 0 Å². The van der Waals surface area contributed by atoms with E-state index >= 15 is 0 Å². The topological polar surface area (TPSA) is 28.2 Å². The highest BCUT2D eigenvalue weighted by atomic mass is 32.1. The summed E-state index contributed by atoms with van der Waals surface area (Å²) in [5.74, 6) is 0. The third kappa shape index (κ3) is 4.48. The van der Waals surface area contributed by atoms with Gasteiger partial charge in [-0.2, -0.15) is 0 Å². The van der Waals surface area contributed by atoms with Crippen LogP contribution in [0, 0.1) is 0 Å². The summed E-state index contributed by atoms with van der Waals surface area (Å²) in [4.78, 5) is 7.99. The normalized spacial score (nSPS) is 11.9. The lowest BCUT2D eigenvalue weighted by atomic mass is 10.2. The first-order chi connectivity index (χ1) is 8.21. The Morgan fingerprint density at radius 2 is 2.12 bits per heavy atom. The number of rotatable bonds is 7. The van der Waals surface area contributed by atoms with Crippen molar-refractivity contribution >= 4 is 22.5 Å². The van der Waals surface area contributed by atoms with Gasteiger partial charge < -0.3 is 10.2 Å². The van der Waals surface area contributed by atoms with Crippen LogP contribution in [0.1, 0.15) is 32.6 Å². The van der Waals surface area contributed by atoms with Crippen LogP contribution in [0.4, 0.5) is 5.13 Å². The molecular weight excluding hydrogens is 230 g/mol. The fraction of sp³-hybridized carbons (Fsp3) is 0.615. The molecule has 0 aliphatic rings. The van der Waals surface area contributed by atoms with Crippen LogP contribution in [0.3, 0.4) is 0 Å². The summed E-state index contributed by atoms with van der Waals surface area (Å²) in [6.07, 6.45) is 4.18. The van der Waals surface area contributed by atoms with E-state index in [0.717, 1.165) is 31.3 Å². The second-order valence-corrected chi connectivity index (χ2v) is 5.03. The Kier molecular flexibility index (Phi) is 6.22. The molecule has 1 aromatic rings. The molecule has 0 aromatic carbocycles. The maximum absolute atomic E-state index is 4.47. The van der Waals surface area contributed by atoms with Gasteiger partial charge in [0.25, 0.3) is 0 Å². The number of likely N-dealkylation sites (N-methyl/N-ethyl adjacent to an activating group) is 1. The molecule has 4 heteroatoms. The van der Waals surface area contributed by atoms with Gasteiger partial charge in [0.15, 0.2) is 5.13 Å². The Morgan fingerprint density at radius 3 is 2.71 bits per heavy atom. The Balaban J connectivity index is 2.67. The van der Waals surface area contributed by atoms with Gasteiger partial charge >= 0.3 is 0 Å². The first kappa shape index (κ1) is 14.2. The lowest BCUT2D eigenvalue weighted by Crippen LogP contribution is -2.21. The minimum absolute atomic E-state index is 0.953. The summed E-state index contributed by atoms with van der Waals surface area (Å²) in [5, 5.41) is 4.45. The summed E-state index contributed by atoms with van der Waals surface area (Å²) in [5.41, 5.74) is 1.35. The highest BCUT2D eigenvalue weighted by Crippen LogP contribution is 2.23. The molecule has 0 bridgehead atoms. The van der Waals surface area contributed by atoms with E-state index < -0.39 is 0 Å². The Hall–Kier alpha value is -0.870. The van der Waals surface area contributed by atoms with E-state index in [2.05, 4.69) is 49.0 Å². The Morgan fingerprint density at radius 1 is 1.41 bits per heavy atom. The standard InChI is InChI=1S/C13H23N3S/c1-5-14-9-11(4)8-12-10-15-13(17-12)16(6-2)7-3/h8,10,14H,5-7,9H2,1-4H3. The van der Waals surface area contributed by atoms with Crippen molar-refractivity contribution in [1.82, 2.24) is 10.3 Å². The van der Waals surface area contributed by atoms with Crippen LogP contribution in [0.25, 0.3) is 6.08 Å². The third-order valence-corrected chi connectivity index (χ3v) is 3.59. The average Bonchev–Trinajstić information content (AvgIpc) is 2.76. The fourth-order valence-electron chi connectivity index (χ4n) is 1.60. The molecule has 1 aromatic heterocycles. The van der Waals surface area contributed by atoms with Crippen molar-refractivity contribution < 1.29 is 0 Å². The molecule has 0 radical (unpaired) electrons. The maximum Gasteiger partial charge on any atom is 0.185 e. The van der Waals surface area contributed by atoms with E-state index in [1.807, 2.05) is 6.20 Å². The second-order valence-electron chi connectivity index (χ2n) is 3.99. The smallest absolute Gasteiger partial charge is 0.185 e. The van der Waals surface area contributed by atoms with E-state index in [4.69, 9.17) is 0 Å². The zero-order valence-electron chi connectivity index (χ0n) is 11.3. The average molecular weight is 253 g/mol. The van der Waals surface area contributed by atoms with E-state index in [0.29, 0.717) is 0 Å². The van der Waals surface area contributed by atoms with Crippen molar-refractivity contribution in [2.24, 2.45) is 0 Å². The molecule has 0 saturated heterocycles. The molecule has 0 unspecified atom stereocenters. The highest BCUT2D eigenvalue weighted by molar-refractivity contribution is 7.16. The van der Waals surface area contributed by atoms with Gasteiger partial charge in [0.1, 0.15) is 0 Å². The molecular formula is C13H23N3S. The van der Waals surface area contributed by atoms with Gasteiger partial charge in [-0.05, 0) is 33.4 Å². The predicted molar refractivity (Wildman–Crippen MR) is 77.9 cm³/mol. The molecule has 0 aliphatic carbocycles. The highest BCUT2D eigenvalue weighted by Gasteiger charge is 2.06. The molecule has 0 fully saturated rings. The molecule has 3 nitrogen and oxygen atoms in total. The zero-order chi connectivity index (χ0) is 12.7. The summed E-state index contributed by atoms with van der Waals surface area (Å²) >= 11 is 1.76. The van der Waals surface area contributed by atoms with Crippen molar-refractivity contribution in [3.63, 3.8) is 0 Å². The zero-order valence-corrected chi connectivity index (χ0v) is 12.1. The molecule has 1 rings (SSSR count). The number of anilines is 1. The van der Waals surface area contributed by atoms with Crippen LogP contribution in [-0.4, -0.2) is 31.2 Å². The monoisotopic (exact) mass is 253 g/mol. The fourth-order valence-corrected chi connectivity index (χ4v) is 2.67. The van der Waals surface area contributed by atoms with Crippen LogP contribution < -0.4 is 10.2 Å². The van der Waals surface area contributed by atoms with Crippen molar-refractivity contribution in [3.05, 3.63) is 16.6 Å². The predicted octanol–water partition coefficient (Wildman–Crippen LogP) is 3.00. The van der Waals surface area contributed by atoms with Crippen LogP contribution in [0.5, 0.6) is 0 Å². The summed E-state index contributed by atoms with van der Waals surface area (Å²) < 4.78 is 0. The molecule has 0 atom stereocenters. The molecule has 0 aliphatic heterocycles.